The van der Waals surface area contributed by atoms with Crippen LogP contribution in [0, 0.1) is 0 Å². The zero-order valence-corrected chi connectivity index (χ0v) is 12.6. The van der Waals surface area contributed by atoms with Gasteiger partial charge in [-0.1, -0.05) is 18.2 Å². The highest BCUT2D eigenvalue weighted by Gasteiger charge is 2.26. The van der Waals surface area contributed by atoms with Gasteiger partial charge >= 0.3 is 6.09 Å². The Labute approximate surface area is 120 Å². The predicted octanol–water partition coefficient (Wildman–Crippen LogP) is 2.48. The molecule has 1 aliphatic heterocycles. The van der Waals surface area contributed by atoms with E-state index in [-0.39, 0.29) is 6.09 Å². The topological polar surface area (TPSA) is 55.6 Å². The Morgan fingerprint density at radius 1 is 1.40 bits per heavy atom. The van der Waals surface area contributed by atoms with E-state index in [2.05, 4.69) is 12.1 Å². The molecule has 0 aliphatic carbocycles. The normalized spacial score (nSPS) is 14.9. The Morgan fingerprint density at radius 2 is 2.15 bits per heavy atom. The molecule has 0 aromatic heterocycles. The molecule has 0 fully saturated rings. The maximum absolute atomic E-state index is 12.1. The van der Waals surface area contributed by atoms with Crippen molar-refractivity contribution in [3.63, 3.8) is 0 Å². The zero-order chi connectivity index (χ0) is 14.8. The summed E-state index contributed by atoms with van der Waals surface area (Å²) in [6.07, 6.45) is 1.55. The van der Waals surface area contributed by atoms with Gasteiger partial charge in [-0.15, -0.1) is 0 Å². The van der Waals surface area contributed by atoms with Crippen LogP contribution in [0.3, 0.4) is 0 Å². The predicted molar refractivity (Wildman–Crippen MR) is 79.5 cm³/mol. The van der Waals surface area contributed by atoms with E-state index in [1.54, 1.807) is 4.90 Å². The number of amides is 1. The molecule has 1 heterocycles. The molecule has 2 N–H and O–H groups in total. The van der Waals surface area contributed by atoms with E-state index in [9.17, 15) is 4.79 Å². The number of benzene rings is 1. The summed E-state index contributed by atoms with van der Waals surface area (Å²) in [4.78, 5) is 13.9. The first kappa shape index (κ1) is 14.9. The van der Waals surface area contributed by atoms with Crippen LogP contribution in [0.4, 0.5) is 4.79 Å². The lowest BCUT2D eigenvalue weighted by Crippen LogP contribution is -2.40. The van der Waals surface area contributed by atoms with E-state index in [0.717, 1.165) is 12.8 Å². The number of nitrogens with two attached hydrogens (primary N) is 1. The fraction of sp³-hybridized carbons (Fsp3) is 0.562. The summed E-state index contributed by atoms with van der Waals surface area (Å²) in [6.45, 7) is 7.67. The average molecular weight is 276 g/mol. The summed E-state index contributed by atoms with van der Waals surface area (Å²) >= 11 is 0. The Balaban J connectivity index is 2.11. The van der Waals surface area contributed by atoms with Crippen molar-refractivity contribution in [3.8, 4) is 0 Å². The minimum absolute atomic E-state index is 0.229. The van der Waals surface area contributed by atoms with Crippen LogP contribution >= 0.6 is 0 Å². The van der Waals surface area contributed by atoms with Gasteiger partial charge in [0, 0.05) is 13.1 Å². The molecule has 0 saturated carbocycles. The standard InChI is InChI=1S/C16H24N2O2/c1-16(2,3)20-15(19)18-10-8-14-12(7-9-17)5-4-6-13(14)11-18/h4-6H,7-11,17H2,1-3H3. The Bertz CT molecular complexity index is 492. The van der Waals surface area contributed by atoms with Crippen LogP contribution in [0.1, 0.15) is 37.5 Å². The number of fused-ring (bicyclic) bond motifs is 1. The smallest absolute Gasteiger partial charge is 0.410 e. The third-order valence-corrected chi connectivity index (χ3v) is 3.43. The largest absolute Gasteiger partial charge is 0.444 e. The van der Waals surface area contributed by atoms with Gasteiger partial charge in [0.25, 0.3) is 0 Å². The van der Waals surface area contributed by atoms with Crippen molar-refractivity contribution >= 4 is 6.09 Å². The minimum atomic E-state index is -0.446. The number of rotatable bonds is 2. The van der Waals surface area contributed by atoms with Crippen molar-refractivity contribution < 1.29 is 9.53 Å². The SMILES string of the molecule is CC(C)(C)OC(=O)N1CCc2c(CCN)cccc2C1. The van der Waals surface area contributed by atoms with Crippen LogP contribution in [0.5, 0.6) is 0 Å². The molecule has 0 atom stereocenters. The molecule has 0 spiro atoms. The third kappa shape index (κ3) is 3.51. The highest BCUT2D eigenvalue weighted by Crippen LogP contribution is 2.24. The third-order valence-electron chi connectivity index (χ3n) is 3.43. The molecule has 0 saturated heterocycles. The van der Waals surface area contributed by atoms with Crippen LogP contribution in [0.15, 0.2) is 18.2 Å². The molecule has 1 amide bonds. The molecule has 0 unspecified atom stereocenters. The molecule has 1 aromatic carbocycles. The van der Waals surface area contributed by atoms with Gasteiger partial charge in [0.05, 0.1) is 0 Å². The number of hydrogen-bond donors (Lipinski definition) is 1. The second-order valence-corrected chi connectivity index (χ2v) is 6.25. The number of carbonyl (C=O) groups excluding carboxylic acids is 1. The average Bonchev–Trinajstić information content (AvgIpc) is 2.37. The van der Waals surface area contributed by atoms with Gasteiger partial charge < -0.3 is 15.4 Å². The molecule has 20 heavy (non-hydrogen) atoms. The van der Waals surface area contributed by atoms with Gasteiger partial charge in [-0.05, 0) is 56.8 Å². The van der Waals surface area contributed by atoms with E-state index >= 15 is 0 Å². The first-order valence-electron chi connectivity index (χ1n) is 7.18. The molecule has 2 rings (SSSR count). The quantitative estimate of drug-likeness (QED) is 0.903. The number of hydrogen-bond acceptors (Lipinski definition) is 3. The Morgan fingerprint density at radius 3 is 2.80 bits per heavy atom. The maximum Gasteiger partial charge on any atom is 0.410 e. The first-order chi connectivity index (χ1) is 9.40. The lowest BCUT2D eigenvalue weighted by molar-refractivity contribution is 0.0223. The van der Waals surface area contributed by atoms with Gasteiger partial charge in [-0.3, -0.25) is 0 Å². The number of nitrogens with zero attached hydrogens (tertiary/aromatic N) is 1. The van der Waals surface area contributed by atoms with Crippen LogP contribution in [0.2, 0.25) is 0 Å². The molecule has 110 valence electrons. The molecular weight excluding hydrogens is 252 g/mol. The summed E-state index contributed by atoms with van der Waals surface area (Å²) < 4.78 is 5.44. The van der Waals surface area contributed by atoms with Crippen LogP contribution < -0.4 is 5.73 Å². The maximum atomic E-state index is 12.1. The van der Waals surface area contributed by atoms with Gasteiger partial charge in [0.2, 0.25) is 0 Å². The molecule has 0 bridgehead atoms. The molecule has 1 aliphatic rings. The first-order valence-corrected chi connectivity index (χ1v) is 7.18. The van der Waals surface area contributed by atoms with Crippen molar-refractivity contribution in [3.05, 3.63) is 34.9 Å². The van der Waals surface area contributed by atoms with Crippen molar-refractivity contribution in [2.24, 2.45) is 5.73 Å². The highest BCUT2D eigenvalue weighted by molar-refractivity contribution is 5.68. The van der Waals surface area contributed by atoms with Gasteiger partial charge in [-0.25, -0.2) is 4.79 Å². The van der Waals surface area contributed by atoms with Crippen molar-refractivity contribution in [1.29, 1.82) is 0 Å². The van der Waals surface area contributed by atoms with E-state index in [1.165, 1.54) is 16.7 Å². The fourth-order valence-electron chi connectivity index (χ4n) is 2.56. The summed E-state index contributed by atoms with van der Waals surface area (Å²) in [5.41, 5.74) is 9.10. The van der Waals surface area contributed by atoms with E-state index < -0.39 is 5.60 Å². The van der Waals surface area contributed by atoms with E-state index in [0.29, 0.717) is 19.6 Å². The summed E-state index contributed by atoms with van der Waals surface area (Å²) in [5, 5.41) is 0. The molecule has 0 radical (unpaired) electrons. The summed E-state index contributed by atoms with van der Waals surface area (Å²) in [6, 6.07) is 6.27. The Hall–Kier alpha value is -1.55. The van der Waals surface area contributed by atoms with Crippen molar-refractivity contribution in [1.82, 2.24) is 4.90 Å². The van der Waals surface area contributed by atoms with Crippen LogP contribution in [0.25, 0.3) is 0 Å². The van der Waals surface area contributed by atoms with E-state index in [4.69, 9.17) is 10.5 Å². The highest BCUT2D eigenvalue weighted by atomic mass is 16.6. The van der Waals surface area contributed by atoms with Crippen LogP contribution in [-0.2, 0) is 24.1 Å². The van der Waals surface area contributed by atoms with E-state index in [1.807, 2.05) is 26.8 Å². The lowest BCUT2D eigenvalue weighted by atomic mass is 9.93. The van der Waals surface area contributed by atoms with Crippen LogP contribution in [-0.4, -0.2) is 29.7 Å². The molecule has 4 heteroatoms. The number of carbonyl (C=O) groups is 1. The molecular formula is C16H24N2O2. The summed E-state index contributed by atoms with van der Waals surface area (Å²) in [7, 11) is 0. The zero-order valence-electron chi connectivity index (χ0n) is 12.6. The van der Waals surface area contributed by atoms with Crippen molar-refractivity contribution in [2.75, 3.05) is 13.1 Å². The second kappa shape index (κ2) is 5.83. The van der Waals surface area contributed by atoms with Gasteiger partial charge in [0.15, 0.2) is 0 Å². The Kier molecular flexibility index (Phi) is 4.33. The molecule has 4 nitrogen and oxygen atoms in total. The second-order valence-electron chi connectivity index (χ2n) is 6.25. The van der Waals surface area contributed by atoms with Crippen molar-refractivity contribution in [2.45, 2.75) is 45.8 Å². The monoisotopic (exact) mass is 276 g/mol. The fourth-order valence-corrected chi connectivity index (χ4v) is 2.56. The minimum Gasteiger partial charge on any atom is -0.444 e. The lowest BCUT2D eigenvalue weighted by Gasteiger charge is -2.32. The number of ether oxygens (including phenoxy) is 1. The molecule has 1 aromatic rings. The summed E-state index contributed by atoms with van der Waals surface area (Å²) in [5.74, 6) is 0. The van der Waals surface area contributed by atoms with Gasteiger partial charge in [0.1, 0.15) is 5.60 Å². The van der Waals surface area contributed by atoms with Gasteiger partial charge in [-0.2, -0.15) is 0 Å².